The maximum absolute atomic E-state index is 12.8. The predicted octanol–water partition coefficient (Wildman–Crippen LogP) is 4.68. The van der Waals surface area contributed by atoms with Gasteiger partial charge in [0.1, 0.15) is 0 Å². The highest BCUT2D eigenvalue weighted by Crippen LogP contribution is 2.48. The molecule has 0 unspecified atom stereocenters. The second-order valence-electron chi connectivity index (χ2n) is 5.26. The highest BCUT2D eigenvalue weighted by atomic mass is 31.2. The zero-order valence-electron chi connectivity index (χ0n) is 13.0. The Hall–Kier alpha value is -0.300. The van der Waals surface area contributed by atoms with Crippen LogP contribution in [0.25, 0.3) is 0 Å². The van der Waals surface area contributed by atoms with Crippen LogP contribution >= 0.6 is 7.14 Å². The first-order chi connectivity index (χ1) is 9.08. The number of hydrogen-bond acceptors (Lipinski definition) is 3. The van der Waals surface area contributed by atoms with Crippen LogP contribution in [0.2, 0.25) is 0 Å². The average molecular weight is 290 g/mol. The van der Waals surface area contributed by atoms with E-state index in [1.54, 1.807) is 0 Å². The molecule has 0 bridgehead atoms. The topological polar surface area (TPSA) is 43.4 Å². The molecule has 0 atom stereocenters. The minimum absolute atomic E-state index is 0.139. The second-order valence-corrected chi connectivity index (χ2v) is 8.72. The van der Waals surface area contributed by atoms with Gasteiger partial charge in [0.05, 0.1) is 13.7 Å². The lowest BCUT2D eigenvalue weighted by Gasteiger charge is -2.17. The van der Waals surface area contributed by atoms with Gasteiger partial charge in [0, 0.05) is 24.9 Å². The number of ether oxygens (including phenoxy) is 1. The zero-order valence-corrected chi connectivity index (χ0v) is 13.8. The average Bonchev–Trinajstić information content (AvgIpc) is 2.41. The van der Waals surface area contributed by atoms with Crippen LogP contribution in [-0.2, 0) is 14.1 Å². The number of esters is 1. The van der Waals surface area contributed by atoms with Crippen LogP contribution in [0, 0.1) is 0 Å². The molecule has 0 radical (unpaired) electrons. The van der Waals surface area contributed by atoms with Gasteiger partial charge in [-0.3, -0.25) is 4.79 Å². The van der Waals surface area contributed by atoms with Gasteiger partial charge < -0.3 is 9.30 Å². The summed E-state index contributed by atoms with van der Waals surface area (Å²) in [5, 5.41) is 0. The maximum Gasteiger partial charge on any atom is 0.305 e. The molecule has 0 aromatic carbocycles. The standard InChI is InChI=1S/C15H31O3P/c1-4-7-12-19(17,13-8-5-2)14-9-10-15(16)18-11-6-3/h4-14H2,1-3H3. The van der Waals surface area contributed by atoms with Crippen LogP contribution in [0.4, 0.5) is 0 Å². The van der Waals surface area contributed by atoms with Crippen molar-refractivity contribution >= 4 is 13.1 Å². The summed E-state index contributed by atoms with van der Waals surface area (Å²) in [6.45, 7) is 6.75. The minimum atomic E-state index is -2.04. The molecule has 0 saturated heterocycles. The van der Waals surface area contributed by atoms with E-state index in [1.807, 2.05) is 6.92 Å². The van der Waals surface area contributed by atoms with Crippen LogP contribution in [-0.4, -0.2) is 31.1 Å². The molecule has 3 nitrogen and oxygen atoms in total. The summed E-state index contributed by atoms with van der Waals surface area (Å²) in [6.07, 6.45) is 8.69. The second kappa shape index (κ2) is 11.5. The zero-order chi connectivity index (χ0) is 14.6. The molecule has 19 heavy (non-hydrogen) atoms. The van der Waals surface area contributed by atoms with Crippen molar-refractivity contribution < 1.29 is 14.1 Å². The maximum atomic E-state index is 12.8. The van der Waals surface area contributed by atoms with Crippen molar-refractivity contribution in [1.82, 2.24) is 0 Å². The summed E-state index contributed by atoms with van der Waals surface area (Å²) < 4.78 is 17.8. The van der Waals surface area contributed by atoms with Gasteiger partial charge >= 0.3 is 5.97 Å². The van der Waals surface area contributed by atoms with Crippen LogP contribution in [0.1, 0.15) is 65.7 Å². The summed E-state index contributed by atoms with van der Waals surface area (Å²) in [7, 11) is -2.04. The van der Waals surface area contributed by atoms with E-state index in [2.05, 4.69) is 13.8 Å². The summed E-state index contributed by atoms with van der Waals surface area (Å²) >= 11 is 0. The molecular formula is C15H31O3P. The molecule has 0 aliphatic carbocycles. The van der Waals surface area contributed by atoms with Gasteiger partial charge in [0.15, 0.2) is 0 Å². The Balaban J connectivity index is 4.03. The number of carbonyl (C=O) groups is 1. The number of carbonyl (C=O) groups excluding carboxylic acids is 1. The van der Waals surface area contributed by atoms with Crippen molar-refractivity contribution in [2.45, 2.75) is 65.7 Å². The van der Waals surface area contributed by atoms with Gasteiger partial charge in [0.2, 0.25) is 0 Å². The van der Waals surface area contributed by atoms with E-state index in [0.717, 1.165) is 44.4 Å². The van der Waals surface area contributed by atoms with E-state index in [0.29, 0.717) is 25.6 Å². The molecular weight excluding hydrogens is 259 g/mol. The highest BCUT2D eigenvalue weighted by Gasteiger charge is 2.20. The molecule has 0 heterocycles. The van der Waals surface area contributed by atoms with Crippen molar-refractivity contribution in [2.24, 2.45) is 0 Å². The third-order valence-corrected chi connectivity index (χ3v) is 6.65. The third kappa shape index (κ3) is 10.2. The molecule has 0 aliphatic heterocycles. The van der Waals surface area contributed by atoms with Gasteiger partial charge in [-0.25, -0.2) is 0 Å². The van der Waals surface area contributed by atoms with Gasteiger partial charge in [-0.05, 0) is 25.7 Å². The van der Waals surface area contributed by atoms with E-state index < -0.39 is 7.14 Å². The summed E-state index contributed by atoms with van der Waals surface area (Å²) in [4.78, 5) is 11.4. The van der Waals surface area contributed by atoms with Crippen LogP contribution < -0.4 is 0 Å². The predicted molar refractivity (Wildman–Crippen MR) is 82.5 cm³/mol. The van der Waals surface area contributed by atoms with E-state index in [-0.39, 0.29) is 5.97 Å². The molecule has 0 amide bonds. The van der Waals surface area contributed by atoms with Crippen molar-refractivity contribution in [3.05, 3.63) is 0 Å². The Morgan fingerprint density at radius 2 is 1.42 bits per heavy atom. The first-order valence-electron chi connectivity index (χ1n) is 7.80. The van der Waals surface area contributed by atoms with Crippen LogP contribution in [0.3, 0.4) is 0 Å². The smallest absolute Gasteiger partial charge is 0.305 e. The van der Waals surface area contributed by atoms with Crippen molar-refractivity contribution in [2.75, 3.05) is 25.1 Å². The lowest BCUT2D eigenvalue weighted by molar-refractivity contribution is -0.143. The summed E-state index contributed by atoms with van der Waals surface area (Å²) in [6, 6.07) is 0. The van der Waals surface area contributed by atoms with Crippen molar-refractivity contribution in [3.8, 4) is 0 Å². The fourth-order valence-electron chi connectivity index (χ4n) is 2.03. The van der Waals surface area contributed by atoms with Crippen molar-refractivity contribution in [3.63, 3.8) is 0 Å². The fraction of sp³-hybridized carbons (Fsp3) is 0.933. The van der Waals surface area contributed by atoms with Gasteiger partial charge in [0.25, 0.3) is 0 Å². The summed E-state index contributed by atoms with van der Waals surface area (Å²) in [5.41, 5.74) is 0. The molecule has 4 heteroatoms. The molecule has 114 valence electrons. The highest BCUT2D eigenvalue weighted by molar-refractivity contribution is 7.63. The minimum Gasteiger partial charge on any atom is -0.466 e. The lowest BCUT2D eigenvalue weighted by Crippen LogP contribution is -2.07. The van der Waals surface area contributed by atoms with Gasteiger partial charge in [-0.2, -0.15) is 0 Å². The Labute approximate surface area is 118 Å². The monoisotopic (exact) mass is 290 g/mol. The number of hydrogen-bond donors (Lipinski definition) is 0. The molecule has 0 fully saturated rings. The Bertz CT molecular complexity index is 265. The molecule has 0 aromatic heterocycles. The fourth-order valence-corrected chi connectivity index (χ4v) is 5.22. The SMILES string of the molecule is CCCCP(=O)(CCCC)CCCC(=O)OCCC. The van der Waals surface area contributed by atoms with Crippen molar-refractivity contribution in [1.29, 1.82) is 0 Å². The van der Waals surface area contributed by atoms with E-state index >= 15 is 0 Å². The van der Waals surface area contributed by atoms with E-state index in [1.165, 1.54) is 0 Å². The van der Waals surface area contributed by atoms with E-state index in [9.17, 15) is 9.36 Å². The number of unbranched alkanes of at least 4 members (excludes halogenated alkanes) is 2. The largest absolute Gasteiger partial charge is 0.466 e. The molecule has 0 spiro atoms. The van der Waals surface area contributed by atoms with Gasteiger partial charge in [-0.1, -0.05) is 33.6 Å². The Morgan fingerprint density at radius 3 is 1.89 bits per heavy atom. The molecule has 0 rings (SSSR count). The van der Waals surface area contributed by atoms with Gasteiger partial charge in [-0.15, -0.1) is 0 Å². The normalized spacial score (nSPS) is 11.5. The van der Waals surface area contributed by atoms with Crippen LogP contribution in [0.15, 0.2) is 0 Å². The third-order valence-electron chi connectivity index (χ3n) is 3.25. The lowest BCUT2D eigenvalue weighted by atomic mass is 10.3. The first-order valence-corrected chi connectivity index (χ1v) is 10.1. The van der Waals surface area contributed by atoms with Crippen LogP contribution in [0.5, 0.6) is 0 Å². The Morgan fingerprint density at radius 1 is 0.895 bits per heavy atom. The summed E-state index contributed by atoms with van der Waals surface area (Å²) in [5.74, 6) is -0.139. The molecule has 0 saturated carbocycles. The molecule has 0 N–H and O–H groups in total. The quantitative estimate of drug-likeness (QED) is 0.387. The first kappa shape index (κ1) is 18.7. The van der Waals surface area contributed by atoms with E-state index in [4.69, 9.17) is 4.74 Å². The Kier molecular flexibility index (Phi) is 11.3. The number of rotatable bonds is 12. The molecule has 0 aromatic rings. The molecule has 0 aliphatic rings.